The molecule has 154 valence electrons. The van der Waals surface area contributed by atoms with Gasteiger partial charge in [-0.1, -0.05) is 0 Å². The lowest BCUT2D eigenvalue weighted by molar-refractivity contribution is 0.0628. The first-order valence-electron chi connectivity index (χ1n) is 9.75. The van der Waals surface area contributed by atoms with Crippen LogP contribution in [-0.2, 0) is 10.0 Å². The van der Waals surface area contributed by atoms with Crippen LogP contribution in [0.5, 0.6) is 5.75 Å². The summed E-state index contributed by atoms with van der Waals surface area (Å²) in [6, 6.07) is 5.09. The molecule has 0 N–H and O–H groups in total. The Bertz CT molecular complexity index is 1100. The molecule has 1 aromatic heterocycles. The number of pyridine rings is 1. The minimum absolute atomic E-state index is 0.0670. The Labute approximate surface area is 171 Å². The molecular formula is C21H25N3O4S. The molecule has 1 saturated heterocycles. The highest BCUT2D eigenvalue weighted by Crippen LogP contribution is 2.38. The zero-order valence-corrected chi connectivity index (χ0v) is 17.9. The minimum Gasteiger partial charge on any atom is -0.494 e. The van der Waals surface area contributed by atoms with Crippen molar-refractivity contribution >= 4 is 15.9 Å². The zero-order valence-electron chi connectivity index (χ0n) is 17.1. The monoisotopic (exact) mass is 415 g/mol. The third kappa shape index (κ3) is 3.20. The van der Waals surface area contributed by atoms with Gasteiger partial charge in [0.15, 0.2) is 0 Å². The van der Waals surface area contributed by atoms with E-state index in [1.165, 1.54) is 4.31 Å². The molecule has 7 nitrogen and oxygen atoms in total. The first kappa shape index (κ1) is 19.8. The van der Waals surface area contributed by atoms with E-state index in [9.17, 15) is 13.2 Å². The number of ether oxygens (including phenoxy) is 1. The number of nitrogens with zero attached hydrogens (tertiary/aromatic N) is 3. The number of hydrogen-bond acceptors (Lipinski definition) is 5. The second kappa shape index (κ2) is 7.11. The SMILES string of the molecule is CCOc1cc(C)c(S(=O)(=O)N2CCN3C(=O)c4cnc(C)cc4C3C2)cc1C. The molecule has 2 aromatic rings. The van der Waals surface area contributed by atoms with Gasteiger partial charge in [-0.2, -0.15) is 4.31 Å². The highest BCUT2D eigenvalue weighted by molar-refractivity contribution is 7.89. The lowest BCUT2D eigenvalue weighted by Crippen LogP contribution is -2.49. The topological polar surface area (TPSA) is 79.8 Å². The maximum atomic E-state index is 13.4. The Hall–Kier alpha value is -2.45. The quantitative estimate of drug-likeness (QED) is 0.767. The second-order valence-corrected chi connectivity index (χ2v) is 9.51. The maximum Gasteiger partial charge on any atom is 0.256 e. The molecule has 0 aliphatic carbocycles. The van der Waals surface area contributed by atoms with Crippen molar-refractivity contribution in [1.82, 2.24) is 14.2 Å². The van der Waals surface area contributed by atoms with Crippen LogP contribution in [0.25, 0.3) is 0 Å². The molecule has 3 heterocycles. The summed E-state index contributed by atoms with van der Waals surface area (Å²) >= 11 is 0. The van der Waals surface area contributed by atoms with Gasteiger partial charge in [-0.15, -0.1) is 0 Å². The fraction of sp³-hybridized carbons (Fsp3) is 0.429. The summed E-state index contributed by atoms with van der Waals surface area (Å²) in [4.78, 5) is 19.0. The number of aryl methyl sites for hydroxylation is 3. The van der Waals surface area contributed by atoms with Gasteiger partial charge < -0.3 is 9.64 Å². The van der Waals surface area contributed by atoms with Crippen molar-refractivity contribution in [3.05, 3.63) is 52.3 Å². The van der Waals surface area contributed by atoms with Gasteiger partial charge in [-0.05, 0) is 62.6 Å². The van der Waals surface area contributed by atoms with Crippen molar-refractivity contribution in [3.63, 3.8) is 0 Å². The van der Waals surface area contributed by atoms with Crippen molar-refractivity contribution in [2.75, 3.05) is 26.2 Å². The predicted octanol–water partition coefficient (Wildman–Crippen LogP) is 2.61. The second-order valence-electron chi connectivity index (χ2n) is 7.61. The summed E-state index contributed by atoms with van der Waals surface area (Å²) < 4.78 is 34.0. The van der Waals surface area contributed by atoms with Crippen LogP contribution in [-0.4, -0.2) is 54.8 Å². The van der Waals surface area contributed by atoms with Crippen molar-refractivity contribution in [3.8, 4) is 5.75 Å². The number of benzene rings is 1. The molecule has 1 amide bonds. The summed E-state index contributed by atoms with van der Waals surface area (Å²) in [6.07, 6.45) is 1.60. The van der Waals surface area contributed by atoms with Crippen LogP contribution in [0.15, 0.2) is 29.3 Å². The number of fused-ring (bicyclic) bond motifs is 3. The predicted molar refractivity (Wildman–Crippen MR) is 109 cm³/mol. The van der Waals surface area contributed by atoms with Gasteiger partial charge in [0.25, 0.3) is 5.91 Å². The molecule has 1 aromatic carbocycles. The number of amides is 1. The van der Waals surface area contributed by atoms with Crippen LogP contribution in [0.3, 0.4) is 0 Å². The number of sulfonamides is 1. The zero-order chi connectivity index (χ0) is 20.9. The molecule has 0 bridgehead atoms. The van der Waals surface area contributed by atoms with E-state index < -0.39 is 10.0 Å². The van der Waals surface area contributed by atoms with Gasteiger partial charge in [0.05, 0.1) is 23.1 Å². The third-order valence-electron chi connectivity index (χ3n) is 5.66. The van der Waals surface area contributed by atoms with Crippen LogP contribution in [0.1, 0.15) is 45.7 Å². The lowest BCUT2D eigenvalue weighted by atomic mass is 10.1. The number of hydrogen-bond donors (Lipinski definition) is 0. The minimum atomic E-state index is -3.69. The van der Waals surface area contributed by atoms with Crippen molar-refractivity contribution < 1.29 is 17.9 Å². The Morgan fingerprint density at radius 3 is 2.62 bits per heavy atom. The van der Waals surface area contributed by atoms with E-state index in [-0.39, 0.29) is 25.0 Å². The Morgan fingerprint density at radius 2 is 1.90 bits per heavy atom. The molecule has 1 fully saturated rings. The average molecular weight is 416 g/mol. The smallest absolute Gasteiger partial charge is 0.256 e. The number of aromatic nitrogens is 1. The van der Waals surface area contributed by atoms with Crippen LogP contribution < -0.4 is 4.74 Å². The van der Waals surface area contributed by atoms with Crippen LogP contribution in [0.4, 0.5) is 0 Å². The molecule has 0 radical (unpaired) electrons. The fourth-order valence-electron chi connectivity index (χ4n) is 4.17. The fourth-order valence-corrected chi connectivity index (χ4v) is 5.90. The number of carbonyl (C=O) groups is 1. The van der Waals surface area contributed by atoms with Crippen LogP contribution in [0, 0.1) is 20.8 Å². The van der Waals surface area contributed by atoms with Gasteiger partial charge >= 0.3 is 0 Å². The molecule has 0 spiro atoms. The molecule has 1 atom stereocenters. The first-order chi connectivity index (χ1) is 13.7. The van der Waals surface area contributed by atoms with E-state index in [0.717, 1.165) is 16.8 Å². The largest absolute Gasteiger partial charge is 0.494 e. The summed E-state index contributed by atoms with van der Waals surface area (Å²) in [7, 11) is -3.69. The van der Waals surface area contributed by atoms with Crippen LogP contribution in [0.2, 0.25) is 0 Å². The first-order valence-corrected chi connectivity index (χ1v) is 11.2. The summed E-state index contributed by atoms with van der Waals surface area (Å²) in [5.74, 6) is 0.634. The molecule has 2 aliphatic heterocycles. The molecule has 4 rings (SSSR count). The van der Waals surface area contributed by atoms with E-state index in [0.29, 0.717) is 34.9 Å². The summed E-state index contributed by atoms with van der Waals surface area (Å²) in [5, 5.41) is 0. The van der Waals surface area contributed by atoms with Crippen LogP contribution >= 0.6 is 0 Å². The molecular weight excluding hydrogens is 390 g/mol. The lowest BCUT2D eigenvalue weighted by Gasteiger charge is -2.37. The summed E-state index contributed by atoms with van der Waals surface area (Å²) in [6.45, 7) is 8.82. The van der Waals surface area contributed by atoms with E-state index in [2.05, 4.69) is 4.98 Å². The Kier molecular flexibility index (Phi) is 4.86. The van der Waals surface area contributed by atoms with Gasteiger partial charge in [-0.3, -0.25) is 9.78 Å². The summed E-state index contributed by atoms with van der Waals surface area (Å²) in [5.41, 5.74) is 3.70. The van der Waals surface area contributed by atoms with E-state index >= 15 is 0 Å². The van der Waals surface area contributed by atoms with E-state index in [4.69, 9.17) is 4.74 Å². The third-order valence-corrected chi connectivity index (χ3v) is 7.66. The van der Waals surface area contributed by atoms with Gasteiger partial charge in [0.2, 0.25) is 10.0 Å². The van der Waals surface area contributed by atoms with Gasteiger partial charge in [0, 0.05) is 31.5 Å². The van der Waals surface area contributed by atoms with Crippen molar-refractivity contribution in [2.24, 2.45) is 0 Å². The average Bonchev–Trinajstić information content (AvgIpc) is 2.96. The Balaban J connectivity index is 1.68. The highest BCUT2D eigenvalue weighted by Gasteiger charge is 2.43. The molecule has 0 saturated carbocycles. The van der Waals surface area contributed by atoms with Crippen molar-refractivity contribution in [1.29, 1.82) is 0 Å². The van der Waals surface area contributed by atoms with Gasteiger partial charge in [0.1, 0.15) is 5.75 Å². The number of piperazine rings is 1. The van der Waals surface area contributed by atoms with Gasteiger partial charge in [-0.25, -0.2) is 8.42 Å². The number of carbonyl (C=O) groups excluding carboxylic acids is 1. The number of rotatable bonds is 4. The maximum absolute atomic E-state index is 13.4. The van der Waals surface area contributed by atoms with E-state index in [1.807, 2.05) is 26.8 Å². The highest BCUT2D eigenvalue weighted by atomic mass is 32.2. The normalized spacial score (nSPS) is 19.2. The standard InChI is InChI=1S/C21H25N3O4S/c1-5-28-19-8-14(3)20(9-13(19)2)29(26,27)23-6-7-24-18(12-23)16-10-15(4)22-11-17(16)21(24)25/h8-11,18H,5-7,12H2,1-4H3. The van der Waals surface area contributed by atoms with Crippen molar-refractivity contribution in [2.45, 2.75) is 38.6 Å². The molecule has 1 unspecified atom stereocenters. The molecule has 29 heavy (non-hydrogen) atoms. The molecule has 8 heteroatoms. The van der Waals surface area contributed by atoms with E-state index in [1.54, 1.807) is 30.2 Å². The Morgan fingerprint density at radius 1 is 1.14 bits per heavy atom. The molecule has 2 aliphatic rings.